The predicted octanol–water partition coefficient (Wildman–Crippen LogP) is 0.856. The number of allylic oxidation sites excluding steroid dienone is 2. The van der Waals surface area contributed by atoms with Crippen LogP contribution in [0.15, 0.2) is 12.2 Å². The van der Waals surface area contributed by atoms with E-state index in [1.807, 2.05) is 0 Å². The SMILES string of the molecule is O=C(OC[C@H]1OCO[C@@H]2COCO[C@@H]21)[C@@H]1C[C@@H]2C=C[C@H]1C2. The van der Waals surface area contributed by atoms with E-state index in [1.165, 1.54) is 0 Å². The Hall–Kier alpha value is -0.950. The molecule has 0 unspecified atom stereocenters. The van der Waals surface area contributed by atoms with E-state index in [0.717, 1.165) is 12.8 Å². The molecule has 2 heterocycles. The van der Waals surface area contributed by atoms with E-state index in [1.54, 1.807) is 0 Å². The summed E-state index contributed by atoms with van der Waals surface area (Å²) in [6, 6.07) is 0. The van der Waals surface area contributed by atoms with Crippen molar-refractivity contribution in [2.75, 3.05) is 26.8 Å². The highest BCUT2D eigenvalue weighted by molar-refractivity contribution is 5.74. The summed E-state index contributed by atoms with van der Waals surface area (Å²) in [7, 11) is 0. The summed E-state index contributed by atoms with van der Waals surface area (Å²) in [5.74, 6) is 0.845. The van der Waals surface area contributed by atoms with E-state index in [2.05, 4.69) is 12.2 Å². The second-order valence-corrected chi connectivity index (χ2v) is 6.16. The first kappa shape index (κ1) is 13.7. The van der Waals surface area contributed by atoms with Gasteiger partial charge < -0.3 is 23.7 Å². The number of hydrogen-bond acceptors (Lipinski definition) is 6. The van der Waals surface area contributed by atoms with Crippen LogP contribution in [0, 0.1) is 17.8 Å². The molecule has 1 saturated carbocycles. The lowest BCUT2D eigenvalue weighted by molar-refractivity contribution is -0.305. The maximum absolute atomic E-state index is 12.2. The fourth-order valence-corrected chi connectivity index (χ4v) is 3.76. The lowest BCUT2D eigenvalue weighted by Crippen LogP contribution is -2.54. The zero-order valence-corrected chi connectivity index (χ0v) is 11.8. The van der Waals surface area contributed by atoms with Gasteiger partial charge in [-0.05, 0) is 24.7 Å². The highest BCUT2D eigenvalue weighted by atomic mass is 16.8. The summed E-state index contributed by atoms with van der Waals surface area (Å²) in [5, 5.41) is 0. The zero-order valence-electron chi connectivity index (χ0n) is 11.8. The van der Waals surface area contributed by atoms with Gasteiger partial charge in [0.15, 0.2) is 0 Å². The van der Waals surface area contributed by atoms with E-state index in [0.29, 0.717) is 18.4 Å². The van der Waals surface area contributed by atoms with Crippen LogP contribution in [0.1, 0.15) is 12.8 Å². The Labute approximate surface area is 123 Å². The van der Waals surface area contributed by atoms with Crippen molar-refractivity contribution in [2.24, 2.45) is 17.8 Å². The van der Waals surface area contributed by atoms with E-state index in [9.17, 15) is 4.79 Å². The van der Waals surface area contributed by atoms with Crippen molar-refractivity contribution in [3.8, 4) is 0 Å². The minimum absolute atomic E-state index is 0.0197. The average molecular weight is 296 g/mol. The van der Waals surface area contributed by atoms with Gasteiger partial charge in [0.25, 0.3) is 0 Å². The largest absolute Gasteiger partial charge is 0.463 e. The predicted molar refractivity (Wildman–Crippen MR) is 70.1 cm³/mol. The summed E-state index contributed by atoms with van der Waals surface area (Å²) in [5.41, 5.74) is 0. The van der Waals surface area contributed by atoms with Gasteiger partial charge in [0, 0.05) is 0 Å². The molecule has 2 aliphatic carbocycles. The Kier molecular flexibility index (Phi) is 3.71. The molecule has 2 saturated heterocycles. The molecule has 0 spiro atoms. The number of rotatable bonds is 3. The molecule has 2 aliphatic heterocycles. The third kappa shape index (κ3) is 2.61. The first-order valence-corrected chi connectivity index (χ1v) is 7.59. The standard InChI is InChI=1S/C15H20O6/c16-15(11-4-9-1-2-10(11)3-9)18-6-13-14-12(19-8-20-13)5-17-7-21-14/h1-2,9-14H,3-8H2/t9-,10+,11-,12-,13-,14+/m1/s1. The van der Waals surface area contributed by atoms with Crippen LogP contribution in [0.25, 0.3) is 0 Å². The van der Waals surface area contributed by atoms with Gasteiger partial charge in [-0.1, -0.05) is 12.2 Å². The molecule has 4 rings (SSSR count). The van der Waals surface area contributed by atoms with Gasteiger partial charge in [-0.2, -0.15) is 0 Å². The molecule has 6 atom stereocenters. The van der Waals surface area contributed by atoms with Crippen molar-refractivity contribution in [1.82, 2.24) is 0 Å². The molecule has 0 aromatic rings. The highest BCUT2D eigenvalue weighted by Gasteiger charge is 2.43. The molecular weight excluding hydrogens is 276 g/mol. The maximum atomic E-state index is 12.2. The van der Waals surface area contributed by atoms with E-state index >= 15 is 0 Å². The number of esters is 1. The van der Waals surface area contributed by atoms with Gasteiger partial charge in [0.05, 0.1) is 12.5 Å². The highest BCUT2D eigenvalue weighted by Crippen LogP contribution is 2.43. The van der Waals surface area contributed by atoms with Crippen molar-refractivity contribution in [3.05, 3.63) is 12.2 Å². The van der Waals surface area contributed by atoms with Crippen LogP contribution >= 0.6 is 0 Å². The monoisotopic (exact) mass is 296 g/mol. The summed E-state index contributed by atoms with van der Waals surface area (Å²) in [6.45, 7) is 1.14. The minimum atomic E-state index is -0.272. The molecule has 0 amide bonds. The second-order valence-electron chi connectivity index (χ2n) is 6.16. The Morgan fingerprint density at radius 3 is 2.90 bits per heavy atom. The van der Waals surface area contributed by atoms with Gasteiger partial charge in [-0.25, -0.2) is 0 Å². The van der Waals surface area contributed by atoms with Crippen LogP contribution in [-0.2, 0) is 28.5 Å². The fraction of sp³-hybridized carbons (Fsp3) is 0.800. The number of carbonyl (C=O) groups is 1. The quantitative estimate of drug-likeness (QED) is 0.568. The molecule has 0 radical (unpaired) electrons. The fourth-order valence-electron chi connectivity index (χ4n) is 3.76. The molecule has 3 fully saturated rings. The minimum Gasteiger partial charge on any atom is -0.463 e. The number of ether oxygens (including phenoxy) is 5. The average Bonchev–Trinajstić information content (AvgIpc) is 3.15. The van der Waals surface area contributed by atoms with Crippen molar-refractivity contribution < 1.29 is 28.5 Å². The van der Waals surface area contributed by atoms with Crippen LogP contribution in [0.5, 0.6) is 0 Å². The van der Waals surface area contributed by atoms with Crippen LogP contribution in [0.3, 0.4) is 0 Å². The molecule has 0 aromatic heterocycles. The molecule has 4 aliphatic rings. The number of carbonyl (C=O) groups excluding carboxylic acids is 1. The molecule has 21 heavy (non-hydrogen) atoms. The van der Waals surface area contributed by atoms with Crippen molar-refractivity contribution in [1.29, 1.82) is 0 Å². The number of hydrogen-bond donors (Lipinski definition) is 0. The Balaban J connectivity index is 1.31. The van der Waals surface area contributed by atoms with Crippen LogP contribution in [-0.4, -0.2) is 51.1 Å². The lowest BCUT2D eigenvalue weighted by Gasteiger charge is -2.39. The topological polar surface area (TPSA) is 63.2 Å². The first-order chi connectivity index (χ1) is 10.3. The Morgan fingerprint density at radius 1 is 1.14 bits per heavy atom. The second kappa shape index (κ2) is 5.68. The number of fused-ring (bicyclic) bond motifs is 3. The zero-order chi connectivity index (χ0) is 14.2. The third-order valence-electron chi connectivity index (χ3n) is 4.89. The molecule has 116 valence electrons. The maximum Gasteiger partial charge on any atom is 0.309 e. The summed E-state index contributed by atoms with van der Waals surface area (Å²) in [4.78, 5) is 12.2. The molecule has 2 bridgehead atoms. The van der Waals surface area contributed by atoms with Gasteiger partial charge >= 0.3 is 5.97 Å². The molecule has 0 aromatic carbocycles. The van der Waals surface area contributed by atoms with Crippen molar-refractivity contribution in [2.45, 2.75) is 31.2 Å². The molecule has 6 heteroatoms. The normalized spacial score (nSPS) is 44.6. The van der Waals surface area contributed by atoms with Gasteiger partial charge in [-0.15, -0.1) is 0 Å². The van der Waals surface area contributed by atoms with Crippen molar-refractivity contribution in [3.63, 3.8) is 0 Å². The van der Waals surface area contributed by atoms with E-state index < -0.39 is 0 Å². The molecule has 0 N–H and O–H groups in total. The summed E-state index contributed by atoms with van der Waals surface area (Å²) < 4.78 is 27.2. The lowest BCUT2D eigenvalue weighted by atomic mass is 9.94. The summed E-state index contributed by atoms with van der Waals surface area (Å²) >= 11 is 0. The van der Waals surface area contributed by atoms with E-state index in [-0.39, 0.29) is 50.4 Å². The molecular formula is C15H20O6. The molecule has 6 nitrogen and oxygen atoms in total. The Bertz CT molecular complexity index is 434. The van der Waals surface area contributed by atoms with Crippen molar-refractivity contribution >= 4 is 5.97 Å². The van der Waals surface area contributed by atoms with E-state index in [4.69, 9.17) is 23.7 Å². The van der Waals surface area contributed by atoms with Crippen LogP contribution < -0.4 is 0 Å². The first-order valence-electron chi connectivity index (χ1n) is 7.59. The van der Waals surface area contributed by atoms with Gasteiger partial charge in [-0.3, -0.25) is 4.79 Å². The van der Waals surface area contributed by atoms with Crippen LogP contribution in [0.4, 0.5) is 0 Å². The smallest absolute Gasteiger partial charge is 0.309 e. The third-order valence-corrected chi connectivity index (χ3v) is 4.89. The van der Waals surface area contributed by atoms with Gasteiger partial charge in [0.2, 0.25) is 0 Å². The Morgan fingerprint density at radius 2 is 2.10 bits per heavy atom. The van der Waals surface area contributed by atoms with Crippen LogP contribution in [0.2, 0.25) is 0 Å². The summed E-state index contributed by atoms with van der Waals surface area (Å²) in [6.07, 6.45) is 5.76. The van der Waals surface area contributed by atoms with Gasteiger partial charge in [0.1, 0.15) is 38.5 Å².